The van der Waals surface area contributed by atoms with Gasteiger partial charge in [0.2, 0.25) is 5.91 Å². The van der Waals surface area contributed by atoms with E-state index in [9.17, 15) is 14.7 Å². The van der Waals surface area contributed by atoms with Gasteiger partial charge in [-0.25, -0.2) is 0 Å². The summed E-state index contributed by atoms with van der Waals surface area (Å²) in [5.41, 5.74) is 7.91. The molecule has 0 saturated carbocycles. The van der Waals surface area contributed by atoms with Crippen LogP contribution in [-0.2, 0) is 16.0 Å². The monoisotopic (exact) mass is 376 g/mol. The molecule has 4 N–H and O–H groups in total. The highest BCUT2D eigenvalue weighted by molar-refractivity contribution is 5.94. The number of aliphatic hydroxyl groups excluding tert-OH is 1. The third kappa shape index (κ3) is 5.78. The van der Waals surface area contributed by atoms with E-state index in [0.717, 1.165) is 25.1 Å². The molecule has 6 heteroatoms. The van der Waals surface area contributed by atoms with Crippen molar-refractivity contribution in [2.24, 2.45) is 17.1 Å². The number of hydrogen-bond acceptors (Lipinski definition) is 4. The van der Waals surface area contributed by atoms with Gasteiger partial charge in [0.05, 0.1) is 12.0 Å². The van der Waals surface area contributed by atoms with Gasteiger partial charge in [-0.3, -0.25) is 9.59 Å². The van der Waals surface area contributed by atoms with E-state index in [1.54, 1.807) is 6.92 Å². The minimum absolute atomic E-state index is 0.0627. The molecule has 1 aliphatic rings. The molecule has 0 saturated heterocycles. The summed E-state index contributed by atoms with van der Waals surface area (Å²) in [6.45, 7) is 6.21. The van der Waals surface area contributed by atoms with Crippen LogP contribution in [0.2, 0.25) is 0 Å². The molecule has 1 aromatic carbocycles. The average molecular weight is 376 g/mol. The fourth-order valence-electron chi connectivity index (χ4n) is 3.78. The number of carbonyl (C=O) groups excluding carboxylic acids is 1. The smallest absolute Gasteiger partial charge is 0.306 e. The number of aryl methyl sites for hydroxylation is 1. The first-order valence-electron chi connectivity index (χ1n) is 9.65. The van der Waals surface area contributed by atoms with E-state index in [-0.39, 0.29) is 12.3 Å². The Kier molecular flexibility index (Phi) is 7.00. The third-order valence-electron chi connectivity index (χ3n) is 5.34. The molecule has 1 aliphatic heterocycles. The van der Waals surface area contributed by atoms with Gasteiger partial charge in [0.25, 0.3) is 0 Å². The standard InChI is InChI=1S/C21H32N2O4/c1-14(20(26)27)11-18(24)16(22)12-21(2,3)13-19(25)23-10-6-8-15-7-4-5-9-17(15)23/h4-5,7,9,14,16,18,24H,6,8,10-13,22H2,1-3H3,(H,26,27)/t14-,16+,18+/m1/s1. The lowest BCUT2D eigenvalue weighted by Crippen LogP contribution is -2.42. The molecule has 1 amide bonds. The topological polar surface area (TPSA) is 104 Å². The van der Waals surface area contributed by atoms with Crippen molar-refractivity contribution in [1.29, 1.82) is 0 Å². The lowest BCUT2D eigenvalue weighted by Gasteiger charge is -2.34. The second-order valence-corrected chi connectivity index (χ2v) is 8.53. The predicted molar refractivity (Wildman–Crippen MR) is 106 cm³/mol. The molecule has 0 unspecified atom stereocenters. The minimum Gasteiger partial charge on any atom is -0.481 e. The number of nitrogens with two attached hydrogens (primary N) is 1. The molecular weight excluding hydrogens is 344 g/mol. The van der Waals surface area contributed by atoms with E-state index < -0.39 is 29.4 Å². The van der Waals surface area contributed by atoms with Crippen molar-refractivity contribution < 1.29 is 19.8 Å². The largest absolute Gasteiger partial charge is 0.481 e. The summed E-state index contributed by atoms with van der Waals surface area (Å²) in [4.78, 5) is 25.8. The van der Waals surface area contributed by atoms with Crippen LogP contribution in [0, 0.1) is 11.3 Å². The molecule has 0 aromatic heterocycles. The zero-order chi connectivity index (χ0) is 20.2. The maximum atomic E-state index is 12.9. The van der Waals surface area contributed by atoms with Crippen molar-refractivity contribution in [3.8, 4) is 0 Å². The van der Waals surface area contributed by atoms with E-state index in [2.05, 4.69) is 6.07 Å². The average Bonchev–Trinajstić information content (AvgIpc) is 2.60. The molecule has 2 rings (SSSR count). The van der Waals surface area contributed by atoms with Gasteiger partial charge in [0, 0.05) is 24.7 Å². The van der Waals surface area contributed by atoms with Crippen molar-refractivity contribution in [2.45, 2.75) is 65.0 Å². The first-order valence-corrected chi connectivity index (χ1v) is 9.65. The van der Waals surface area contributed by atoms with Gasteiger partial charge < -0.3 is 20.8 Å². The highest BCUT2D eigenvalue weighted by Crippen LogP contribution is 2.32. The van der Waals surface area contributed by atoms with Crippen molar-refractivity contribution in [1.82, 2.24) is 0 Å². The summed E-state index contributed by atoms with van der Waals surface area (Å²) >= 11 is 0. The van der Waals surface area contributed by atoms with Gasteiger partial charge in [-0.15, -0.1) is 0 Å². The number of rotatable bonds is 8. The van der Waals surface area contributed by atoms with Gasteiger partial charge in [-0.1, -0.05) is 39.0 Å². The lowest BCUT2D eigenvalue weighted by molar-refractivity contribution is -0.142. The van der Waals surface area contributed by atoms with Gasteiger partial charge in [-0.2, -0.15) is 0 Å². The molecule has 3 atom stereocenters. The Morgan fingerprint density at radius 1 is 1.30 bits per heavy atom. The number of benzene rings is 1. The van der Waals surface area contributed by atoms with Crippen LogP contribution in [0.1, 0.15) is 52.0 Å². The van der Waals surface area contributed by atoms with E-state index in [1.165, 1.54) is 5.56 Å². The molecule has 0 aliphatic carbocycles. The Labute approximate surface area is 161 Å². The molecule has 27 heavy (non-hydrogen) atoms. The van der Waals surface area contributed by atoms with Crippen LogP contribution in [0.15, 0.2) is 24.3 Å². The number of carboxylic acids is 1. The molecular formula is C21H32N2O4. The number of amides is 1. The van der Waals surface area contributed by atoms with Crippen LogP contribution in [0.25, 0.3) is 0 Å². The van der Waals surface area contributed by atoms with Crippen molar-refractivity contribution in [3.63, 3.8) is 0 Å². The van der Waals surface area contributed by atoms with Crippen LogP contribution in [0.4, 0.5) is 5.69 Å². The summed E-state index contributed by atoms with van der Waals surface area (Å²) in [7, 11) is 0. The first-order chi connectivity index (χ1) is 12.6. The Balaban J connectivity index is 1.97. The summed E-state index contributed by atoms with van der Waals surface area (Å²) in [6.07, 6.45) is 1.93. The number of aliphatic carboxylic acids is 1. The quantitative estimate of drug-likeness (QED) is 0.647. The van der Waals surface area contributed by atoms with Gasteiger partial charge in [0.15, 0.2) is 0 Å². The third-order valence-corrected chi connectivity index (χ3v) is 5.34. The predicted octanol–water partition coefficient (Wildman–Crippen LogP) is 2.57. The number of fused-ring (bicyclic) bond motifs is 1. The normalized spacial score (nSPS) is 17.7. The molecule has 1 heterocycles. The maximum Gasteiger partial charge on any atom is 0.306 e. The first kappa shape index (κ1) is 21.4. The molecule has 0 fully saturated rings. The van der Waals surface area contributed by atoms with E-state index in [0.29, 0.717) is 12.8 Å². The maximum absolute atomic E-state index is 12.9. The fourth-order valence-corrected chi connectivity index (χ4v) is 3.78. The van der Waals surface area contributed by atoms with E-state index >= 15 is 0 Å². The zero-order valence-corrected chi connectivity index (χ0v) is 16.5. The van der Waals surface area contributed by atoms with Crippen LogP contribution in [-0.4, -0.2) is 40.8 Å². The Morgan fingerprint density at radius 3 is 2.63 bits per heavy atom. The number of carbonyl (C=O) groups is 2. The van der Waals surface area contributed by atoms with Gasteiger partial charge >= 0.3 is 5.97 Å². The van der Waals surface area contributed by atoms with Crippen molar-refractivity contribution in [2.75, 3.05) is 11.4 Å². The summed E-state index contributed by atoms with van der Waals surface area (Å²) < 4.78 is 0. The Morgan fingerprint density at radius 2 is 1.96 bits per heavy atom. The number of nitrogens with zero attached hydrogens (tertiary/aromatic N) is 1. The number of hydrogen-bond donors (Lipinski definition) is 3. The van der Waals surface area contributed by atoms with Crippen molar-refractivity contribution in [3.05, 3.63) is 29.8 Å². The number of aliphatic hydroxyl groups is 1. The highest BCUT2D eigenvalue weighted by Gasteiger charge is 2.32. The van der Waals surface area contributed by atoms with Crippen LogP contribution >= 0.6 is 0 Å². The Bertz CT molecular complexity index is 674. The van der Waals surface area contributed by atoms with Gasteiger partial charge in [0.1, 0.15) is 0 Å². The molecule has 0 bridgehead atoms. The van der Waals surface area contributed by atoms with Crippen LogP contribution in [0.5, 0.6) is 0 Å². The molecule has 1 aromatic rings. The highest BCUT2D eigenvalue weighted by atomic mass is 16.4. The molecule has 6 nitrogen and oxygen atoms in total. The SMILES string of the molecule is C[C@H](C[C@H](O)[C@@H](N)CC(C)(C)CC(=O)N1CCCc2ccccc21)C(=O)O. The van der Waals surface area contributed by atoms with Crippen molar-refractivity contribution >= 4 is 17.6 Å². The molecule has 0 radical (unpaired) electrons. The summed E-state index contributed by atoms with van der Waals surface area (Å²) in [5, 5.41) is 19.2. The minimum atomic E-state index is -0.945. The van der Waals surface area contributed by atoms with Crippen LogP contribution in [0.3, 0.4) is 0 Å². The number of carboxylic acid groups (broad SMARTS) is 1. The second-order valence-electron chi connectivity index (χ2n) is 8.53. The lowest BCUT2D eigenvalue weighted by atomic mass is 9.80. The van der Waals surface area contributed by atoms with E-state index in [1.807, 2.05) is 36.9 Å². The fraction of sp³-hybridized carbons (Fsp3) is 0.619. The van der Waals surface area contributed by atoms with Crippen LogP contribution < -0.4 is 10.6 Å². The second kappa shape index (κ2) is 8.85. The van der Waals surface area contributed by atoms with Gasteiger partial charge in [-0.05, 0) is 42.7 Å². The molecule has 0 spiro atoms. The zero-order valence-electron chi connectivity index (χ0n) is 16.5. The molecule has 150 valence electrons. The summed E-state index contributed by atoms with van der Waals surface area (Å²) in [6, 6.07) is 7.43. The number of para-hydroxylation sites is 1. The number of anilines is 1. The summed E-state index contributed by atoms with van der Waals surface area (Å²) in [5.74, 6) is -1.53. The Hall–Kier alpha value is -1.92. The van der Waals surface area contributed by atoms with E-state index in [4.69, 9.17) is 10.8 Å².